The van der Waals surface area contributed by atoms with E-state index in [1.165, 1.54) is 0 Å². The van der Waals surface area contributed by atoms with Crippen LogP contribution in [0.25, 0.3) is 0 Å². The predicted molar refractivity (Wildman–Crippen MR) is 60.5 cm³/mol. The average Bonchev–Trinajstić information content (AvgIpc) is 2.14. The SMILES string of the molecule is CC(C)CCCCC(=O)[O-].CCOCC.[Na+]. The van der Waals surface area contributed by atoms with Crippen LogP contribution >= 0.6 is 0 Å². The van der Waals surface area contributed by atoms with Crippen molar-refractivity contribution in [2.45, 2.75) is 53.4 Å². The molecule has 0 radical (unpaired) electrons. The number of carbonyl (C=O) groups excluding carboxylic acids is 1. The second kappa shape index (κ2) is 17.8. The van der Waals surface area contributed by atoms with Crippen LogP contribution in [0.15, 0.2) is 0 Å². The molecule has 0 aliphatic rings. The van der Waals surface area contributed by atoms with E-state index < -0.39 is 5.97 Å². The Morgan fingerprint density at radius 3 is 1.94 bits per heavy atom. The molecule has 0 aromatic rings. The van der Waals surface area contributed by atoms with Crippen molar-refractivity contribution >= 4 is 5.97 Å². The number of aliphatic carboxylic acids is 1. The van der Waals surface area contributed by atoms with Crippen LogP contribution in [-0.4, -0.2) is 19.2 Å². The molecule has 4 heteroatoms. The van der Waals surface area contributed by atoms with E-state index in [-0.39, 0.29) is 36.0 Å². The molecule has 0 fully saturated rings. The van der Waals surface area contributed by atoms with Gasteiger partial charge in [0.15, 0.2) is 0 Å². The van der Waals surface area contributed by atoms with E-state index in [2.05, 4.69) is 13.8 Å². The largest absolute Gasteiger partial charge is 1.00 e. The van der Waals surface area contributed by atoms with E-state index >= 15 is 0 Å². The van der Waals surface area contributed by atoms with Crippen molar-refractivity contribution in [3.8, 4) is 0 Å². The molecule has 0 spiro atoms. The number of hydrogen-bond donors (Lipinski definition) is 0. The summed E-state index contributed by atoms with van der Waals surface area (Å²) in [7, 11) is 0. The molecule has 0 aliphatic carbocycles. The Labute approximate surface area is 122 Å². The zero-order valence-corrected chi connectivity index (χ0v) is 13.5. The van der Waals surface area contributed by atoms with Gasteiger partial charge in [0.2, 0.25) is 0 Å². The summed E-state index contributed by atoms with van der Waals surface area (Å²) in [5.74, 6) is -0.245. The molecule has 0 bridgehead atoms. The molecule has 92 valence electrons. The zero-order chi connectivity index (χ0) is 12.1. The van der Waals surface area contributed by atoms with E-state index in [1.54, 1.807) is 0 Å². The summed E-state index contributed by atoms with van der Waals surface area (Å²) in [5, 5.41) is 9.93. The zero-order valence-electron chi connectivity index (χ0n) is 11.5. The molecule has 16 heavy (non-hydrogen) atoms. The van der Waals surface area contributed by atoms with E-state index in [4.69, 9.17) is 4.74 Å². The summed E-state index contributed by atoms with van der Waals surface area (Å²) in [5.41, 5.74) is 0. The van der Waals surface area contributed by atoms with E-state index in [0.29, 0.717) is 5.92 Å². The van der Waals surface area contributed by atoms with Crippen LogP contribution in [-0.2, 0) is 9.53 Å². The topological polar surface area (TPSA) is 49.4 Å². The van der Waals surface area contributed by atoms with Gasteiger partial charge in [0.1, 0.15) is 0 Å². The van der Waals surface area contributed by atoms with Crippen LogP contribution in [0.2, 0.25) is 0 Å². The molecule has 0 unspecified atom stereocenters. The van der Waals surface area contributed by atoms with Gasteiger partial charge >= 0.3 is 29.6 Å². The monoisotopic (exact) mass is 240 g/mol. The van der Waals surface area contributed by atoms with E-state index in [1.807, 2.05) is 13.8 Å². The fraction of sp³-hybridized carbons (Fsp3) is 0.917. The van der Waals surface area contributed by atoms with Crippen molar-refractivity contribution in [1.29, 1.82) is 0 Å². The molecular weight excluding hydrogens is 215 g/mol. The minimum absolute atomic E-state index is 0. The molecule has 0 rings (SSSR count). The van der Waals surface area contributed by atoms with Crippen molar-refractivity contribution < 1.29 is 44.2 Å². The molecular formula is C12H25NaO3. The molecule has 0 saturated heterocycles. The minimum atomic E-state index is -0.927. The summed E-state index contributed by atoms with van der Waals surface area (Å²) in [6.45, 7) is 9.94. The molecule has 0 atom stereocenters. The number of carboxylic acid groups (broad SMARTS) is 1. The maximum absolute atomic E-state index is 9.93. The van der Waals surface area contributed by atoms with Crippen molar-refractivity contribution in [3.63, 3.8) is 0 Å². The van der Waals surface area contributed by atoms with Crippen LogP contribution in [0.3, 0.4) is 0 Å². The quantitative estimate of drug-likeness (QED) is 0.424. The summed E-state index contributed by atoms with van der Waals surface area (Å²) in [6.07, 6.45) is 3.10. The van der Waals surface area contributed by atoms with Crippen LogP contribution in [0, 0.1) is 5.92 Å². The van der Waals surface area contributed by atoms with Crippen molar-refractivity contribution in [3.05, 3.63) is 0 Å². The van der Waals surface area contributed by atoms with Gasteiger partial charge < -0.3 is 14.6 Å². The van der Waals surface area contributed by atoms with Gasteiger partial charge in [-0.3, -0.25) is 0 Å². The van der Waals surface area contributed by atoms with Crippen molar-refractivity contribution in [1.82, 2.24) is 0 Å². The van der Waals surface area contributed by atoms with Gasteiger partial charge in [-0.2, -0.15) is 0 Å². The van der Waals surface area contributed by atoms with Crippen LogP contribution < -0.4 is 34.7 Å². The number of hydrogen-bond acceptors (Lipinski definition) is 3. The van der Waals surface area contributed by atoms with Gasteiger partial charge in [-0.25, -0.2) is 0 Å². The van der Waals surface area contributed by atoms with Crippen molar-refractivity contribution in [2.75, 3.05) is 13.2 Å². The van der Waals surface area contributed by atoms with Gasteiger partial charge in [-0.1, -0.05) is 26.7 Å². The summed E-state index contributed by atoms with van der Waals surface area (Å²) in [6, 6.07) is 0. The summed E-state index contributed by atoms with van der Waals surface area (Å²) in [4.78, 5) is 9.93. The molecule has 0 aliphatic heterocycles. The molecule has 0 N–H and O–H groups in total. The Morgan fingerprint density at radius 1 is 1.19 bits per heavy atom. The Bertz CT molecular complexity index is 136. The first-order valence-electron chi connectivity index (χ1n) is 5.82. The Kier molecular flexibility index (Phi) is 24.1. The van der Waals surface area contributed by atoms with Gasteiger partial charge in [0, 0.05) is 19.2 Å². The maximum Gasteiger partial charge on any atom is 1.00 e. The van der Waals surface area contributed by atoms with Gasteiger partial charge in [0.25, 0.3) is 0 Å². The molecule has 0 aromatic carbocycles. The fourth-order valence-electron chi connectivity index (χ4n) is 1.03. The number of carbonyl (C=O) groups is 1. The van der Waals surface area contributed by atoms with Crippen LogP contribution in [0.1, 0.15) is 53.4 Å². The Hall–Kier alpha value is 0.430. The Balaban J connectivity index is -0.000000242. The summed E-state index contributed by atoms with van der Waals surface area (Å²) < 4.78 is 4.83. The third-order valence-electron chi connectivity index (χ3n) is 1.82. The molecule has 0 aromatic heterocycles. The van der Waals surface area contributed by atoms with Gasteiger partial charge in [0.05, 0.1) is 0 Å². The smallest absolute Gasteiger partial charge is 0.550 e. The first-order chi connectivity index (χ1) is 7.04. The fourth-order valence-corrected chi connectivity index (χ4v) is 1.03. The number of unbranched alkanes of at least 4 members (excludes halogenated alkanes) is 1. The number of ether oxygens (including phenoxy) is 1. The van der Waals surface area contributed by atoms with Crippen LogP contribution in [0.4, 0.5) is 0 Å². The predicted octanol–water partition coefficient (Wildman–Crippen LogP) is -1.00. The van der Waals surface area contributed by atoms with Gasteiger partial charge in [-0.05, 0) is 32.6 Å². The minimum Gasteiger partial charge on any atom is -0.550 e. The number of rotatable bonds is 7. The van der Waals surface area contributed by atoms with Crippen LogP contribution in [0.5, 0.6) is 0 Å². The van der Waals surface area contributed by atoms with Crippen molar-refractivity contribution in [2.24, 2.45) is 5.92 Å². The second-order valence-electron chi connectivity index (χ2n) is 3.79. The van der Waals surface area contributed by atoms with Gasteiger partial charge in [-0.15, -0.1) is 0 Å². The maximum atomic E-state index is 9.93. The first kappa shape index (κ1) is 21.7. The van der Waals surface area contributed by atoms with E-state index in [9.17, 15) is 9.90 Å². The number of carboxylic acids is 1. The molecule has 0 heterocycles. The molecule has 0 saturated carbocycles. The third kappa shape index (κ3) is 29.3. The standard InChI is InChI=1S/C8H16O2.C4H10O.Na/c1-7(2)5-3-4-6-8(9)10;1-3-5-4-2;/h7H,3-6H2,1-2H3,(H,9,10);3-4H2,1-2H3;/q;;+1/p-1. The third-order valence-corrected chi connectivity index (χ3v) is 1.82. The Morgan fingerprint density at radius 2 is 1.69 bits per heavy atom. The second-order valence-corrected chi connectivity index (χ2v) is 3.79. The molecule has 0 amide bonds. The average molecular weight is 240 g/mol. The van der Waals surface area contributed by atoms with E-state index in [0.717, 1.165) is 32.5 Å². The summed E-state index contributed by atoms with van der Waals surface area (Å²) >= 11 is 0. The first-order valence-corrected chi connectivity index (χ1v) is 5.82. The molecule has 3 nitrogen and oxygen atoms in total. The normalized spacial score (nSPS) is 9.06.